The summed E-state index contributed by atoms with van der Waals surface area (Å²) in [6, 6.07) is 6.94. The van der Waals surface area contributed by atoms with Crippen LogP contribution in [-0.4, -0.2) is 19.8 Å². The van der Waals surface area contributed by atoms with Crippen molar-refractivity contribution in [3.63, 3.8) is 0 Å². The van der Waals surface area contributed by atoms with E-state index in [0.29, 0.717) is 0 Å². The fourth-order valence-corrected chi connectivity index (χ4v) is 2.41. The van der Waals surface area contributed by atoms with Gasteiger partial charge in [-0.05, 0) is 55.8 Å². The quantitative estimate of drug-likeness (QED) is 0.731. The van der Waals surface area contributed by atoms with Gasteiger partial charge < -0.3 is 10.1 Å². The highest BCUT2D eigenvalue weighted by molar-refractivity contribution is 5.35. The first-order valence-electron chi connectivity index (χ1n) is 6.79. The summed E-state index contributed by atoms with van der Waals surface area (Å²) < 4.78 is 5.31. The minimum Gasteiger partial charge on any atom is -0.382 e. The third-order valence-electron chi connectivity index (χ3n) is 3.34. The fraction of sp³-hybridized carbons (Fsp3) is 0.600. The number of benzene rings is 1. The maximum Gasteiger partial charge on any atom is 0.0477 e. The van der Waals surface area contributed by atoms with Gasteiger partial charge in [-0.2, -0.15) is 0 Å². The second kappa shape index (κ2) is 6.77. The third-order valence-corrected chi connectivity index (χ3v) is 3.34. The van der Waals surface area contributed by atoms with Crippen molar-refractivity contribution in [2.45, 2.75) is 39.2 Å². The SMILES string of the molecule is CCOCCCNCc1ccc2c(c1)CCC2. The van der Waals surface area contributed by atoms with Gasteiger partial charge in [-0.25, -0.2) is 0 Å². The molecule has 1 N–H and O–H groups in total. The van der Waals surface area contributed by atoms with Crippen LogP contribution in [0.5, 0.6) is 0 Å². The van der Waals surface area contributed by atoms with E-state index in [4.69, 9.17) is 4.74 Å². The molecule has 0 atom stereocenters. The lowest BCUT2D eigenvalue weighted by Crippen LogP contribution is -2.16. The van der Waals surface area contributed by atoms with E-state index in [1.165, 1.54) is 24.8 Å². The highest BCUT2D eigenvalue weighted by Crippen LogP contribution is 2.22. The monoisotopic (exact) mass is 233 g/mol. The molecule has 0 bridgehead atoms. The first-order chi connectivity index (χ1) is 8.40. The molecule has 0 saturated heterocycles. The zero-order chi connectivity index (χ0) is 11.9. The number of hydrogen-bond acceptors (Lipinski definition) is 2. The number of aryl methyl sites for hydroxylation is 2. The summed E-state index contributed by atoms with van der Waals surface area (Å²) in [6.45, 7) is 5.76. The summed E-state index contributed by atoms with van der Waals surface area (Å²) in [5.74, 6) is 0. The summed E-state index contributed by atoms with van der Waals surface area (Å²) in [7, 11) is 0. The van der Waals surface area contributed by atoms with Crippen LogP contribution in [0.15, 0.2) is 18.2 Å². The molecule has 0 saturated carbocycles. The van der Waals surface area contributed by atoms with Crippen molar-refractivity contribution in [3.8, 4) is 0 Å². The molecule has 1 aliphatic rings. The standard InChI is InChI=1S/C15H23NO/c1-2-17-10-4-9-16-12-13-7-8-14-5-3-6-15(14)11-13/h7-8,11,16H,2-6,9-10,12H2,1H3. The van der Waals surface area contributed by atoms with Gasteiger partial charge in [0, 0.05) is 19.8 Å². The van der Waals surface area contributed by atoms with Crippen LogP contribution < -0.4 is 5.32 Å². The number of nitrogens with one attached hydrogen (secondary N) is 1. The summed E-state index contributed by atoms with van der Waals surface area (Å²) in [6.07, 6.45) is 4.98. The number of hydrogen-bond donors (Lipinski definition) is 1. The molecule has 0 unspecified atom stereocenters. The molecule has 0 amide bonds. The topological polar surface area (TPSA) is 21.3 Å². The molecule has 94 valence electrons. The Hall–Kier alpha value is -0.860. The third kappa shape index (κ3) is 3.83. The molecular formula is C15H23NO. The zero-order valence-corrected chi connectivity index (χ0v) is 10.8. The van der Waals surface area contributed by atoms with Crippen molar-refractivity contribution in [2.24, 2.45) is 0 Å². The molecule has 1 aromatic rings. The lowest BCUT2D eigenvalue weighted by atomic mass is 10.1. The van der Waals surface area contributed by atoms with Crippen LogP contribution in [0.4, 0.5) is 0 Å². The Morgan fingerprint density at radius 2 is 2.12 bits per heavy atom. The van der Waals surface area contributed by atoms with Crippen LogP contribution >= 0.6 is 0 Å². The van der Waals surface area contributed by atoms with Gasteiger partial charge in [-0.15, -0.1) is 0 Å². The van der Waals surface area contributed by atoms with Gasteiger partial charge in [0.05, 0.1) is 0 Å². The van der Waals surface area contributed by atoms with Crippen LogP contribution in [0, 0.1) is 0 Å². The summed E-state index contributed by atoms with van der Waals surface area (Å²) in [5.41, 5.74) is 4.55. The Morgan fingerprint density at radius 3 is 3.00 bits per heavy atom. The van der Waals surface area contributed by atoms with Crippen molar-refractivity contribution in [3.05, 3.63) is 34.9 Å². The van der Waals surface area contributed by atoms with Crippen molar-refractivity contribution in [2.75, 3.05) is 19.8 Å². The smallest absolute Gasteiger partial charge is 0.0477 e. The number of fused-ring (bicyclic) bond motifs is 1. The van der Waals surface area contributed by atoms with Crippen molar-refractivity contribution >= 4 is 0 Å². The largest absolute Gasteiger partial charge is 0.382 e. The van der Waals surface area contributed by atoms with E-state index in [9.17, 15) is 0 Å². The van der Waals surface area contributed by atoms with Crippen molar-refractivity contribution < 1.29 is 4.74 Å². The van der Waals surface area contributed by atoms with E-state index in [0.717, 1.165) is 32.7 Å². The summed E-state index contributed by atoms with van der Waals surface area (Å²) >= 11 is 0. The van der Waals surface area contributed by atoms with E-state index < -0.39 is 0 Å². The molecule has 0 radical (unpaired) electrons. The van der Waals surface area contributed by atoms with Crippen LogP contribution in [0.1, 0.15) is 36.5 Å². The minimum atomic E-state index is 0.824. The average molecular weight is 233 g/mol. The molecular weight excluding hydrogens is 210 g/mol. The van der Waals surface area contributed by atoms with Crippen molar-refractivity contribution in [1.82, 2.24) is 5.32 Å². The lowest BCUT2D eigenvalue weighted by molar-refractivity contribution is 0.144. The molecule has 17 heavy (non-hydrogen) atoms. The normalized spacial score (nSPS) is 13.9. The van der Waals surface area contributed by atoms with E-state index in [1.807, 2.05) is 6.92 Å². The molecule has 1 aromatic carbocycles. The van der Waals surface area contributed by atoms with E-state index in [-0.39, 0.29) is 0 Å². The van der Waals surface area contributed by atoms with Crippen molar-refractivity contribution in [1.29, 1.82) is 0 Å². The van der Waals surface area contributed by atoms with Crippen LogP contribution in [0.25, 0.3) is 0 Å². The van der Waals surface area contributed by atoms with E-state index in [2.05, 4.69) is 23.5 Å². The van der Waals surface area contributed by atoms with Gasteiger partial charge in [0.2, 0.25) is 0 Å². The highest BCUT2D eigenvalue weighted by atomic mass is 16.5. The maximum atomic E-state index is 5.31. The number of rotatable bonds is 7. The van der Waals surface area contributed by atoms with Gasteiger partial charge in [-0.3, -0.25) is 0 Å². The first-order valence-corrected chi connectivity index (χ1v) is 6.79. The molecule has 0 aliphatic heterocycles. The zero-order valence-electron chi connectivity index (χ0n) is 10.8. The first kappa shape index (κ1) is 12.6. The van der Waals surface area contributed by atoms with E-state index >= 15 is 0 Å². The number of ether oxygens (including phenoxy) is 1. The van der Waals surface area contributed by atoms with E-state index in [1.54, 1.807) is 11.1 Å². The Balaban J connectivity index is 1.69. The molecule has 0 fully saturated rings. The van der Waals surface area contributed by atoms with Gasteiger partial charge in [0.25, 0.3) is 0 Å². The Kier molecular flexibility index (Phi) is 5.02. The second-order valence-corrected chi connectivity index (χ2v) is 4.68. The molecule has 2 nitrogen and oxygen atoms in total. The lowest BCUT2D eigenvalue weighted by Gasteiger charge is -2.07. The van der Waals surface area contributed by atoms with Gasteiger partial charge in [-0.1, -0.05) is 18.2 Å². The maximum absolute atomic E-state index is 5.31. The van der Waals surface area contributed by atoms with Gasteiger partial charge >= 0.3 is 0 Å². The van der Waals surface area contributed by atoms with Gasteiger partial charge in [0.15, 0.2) is 0 Å². The van der Waals surface area contributed by atoms with Crippen LogP contribution in [0.2, 0.25) is 0 Å². The molecule has 2 rings (SSSR count). The summed E-state index contributed by atoms with van der Waals surface area (Å²) in [4.78, 5) is 0. The molecule has 0 aromatic heterocycles. The summed E-state index contributed by atoms with van der Waals surface area (Å²) in [5, 5.41) is 3.47. The Bertz CT molecular complexity index is 349. The Labute approximate surface area is 104 Å². The predicted octanol–water partition coefficient (Wildman–Crippen LogP) is 2.69. The molecule has 0 heterocycles. The second-order valence-electron chi connectivity index (χ2n) is 4.68. The molecule has 2 heteroatoms. The highest BCUT2D eigenvalue weighted by Gasteiger charge is 2.10. The Morgan fingerprint density at radius 1 is 1.24 bits per heavy atom. The van der Waals surface area contributed by atoms with Crippen LogP contribution in [0.3, 0.4) is 0 Å². The van der Waals surface area contributed by atoms with Crippen LogP contribution in [-0.2, 0) is 24.1 Å². The molecule has 0 spiro atoms. The average Bonchev–Trinajstić information content (AvgIpc) is 2.81. The fourth-order valence-electron chi connectivity index (χ4n) is 2.41. The predicted molar refractivity (Wildman–Crippen MR) is 71.3 cm³/mol. The van der Waals surface area contributed by atoms with Gasteiger partial charge in [0.1, 0.15) is 0 Å². The molecule has 1 aliphatic carbocycles. The minimum absolute atomic E-state index is 0.824.